The van der Waals surface area contributed by atoms with E-state index in [-0.39, 0.29) is 11.5 Å². The largest absolute Gasteiger partial charge is 0.390 e. The van der Waals surface area contributed by atoms with Crippen LogP contribution in [0.3, 0.4) is 0 Å². The molecule has 1 aliphatic carbocycles. The maximum absolute atomic E-state index is 9.77. The normalized spacial score (nSPS) is 42.2. The van der Waals surface area contributed by atoms with Crippen molar-refractivity contribution >= 4 is 0 Å². The van der Waals surface area contributed by atoms with E-state index in [1.54, 1.807) is 7.11 Å². The van der Waals surface area contributed by atoms with Crippen molar-refractivity contribution < 1.29 is 14.9 Å². The Kier molecular flexibility index (Phi) is 2.32. The number of methoxy groups -OCH3 is 1. The second kappa shape index (κ2) is 3.20. The highest BCUT2D eigenvalue weighted by Gasteiger charge is 2.55. The van der Waals surface area contributed by atoms with Crippen molar-refractivity contribution in [1.82, 2.24) is 5.32 Å². The van der Waals surface area contributed by atoms with E-state index in [9.17, 15) is 10.2 Å². The molecule has 4 heteroatoms. The Hall–Kier alpha value is -0.160. The number of piperidine rings is 1. The number of nitrogens with one attached hydrogen (secondary N) is 1. The fourth-order valence-electron chi connectivity index (χ4n) is 2.27. The third-order valence-corrected chi connectivity index (χ3v) is 3.31. The number of aliphatic hydroxyl groups excluding tert-OH is 2. The Balaban J connectivity index is 2.06. The minimum atomic E-state index is -0.647. The third kappa shape index (κ3) is 1.48. The standard InChI is InChI=1S/C9H17NO3/c1-13-5-6-8(12)7(11)4-10-9(6)2-3-9/h6-8,10-12H,2-5H2,1H3. The minimum Gasteiger partial charge on any atom is -0.390 e. The molecule has 1 saturated heterocycles. The van der Waals surface area contributed by atoms with Gasteiger partial charge >= 0.3 is 0 Å². The Morgan fingerprint density at radius 3 is 2.69 bits per heavy atom. The lowest BCUT2D eigenvalue weighted by atomic mass is 9.85. The topological polar surface area (TPSA) is 61.7 Å². The Morgan fingerprint density at radius 2 is 2.15 bits per heavy atom. The highest BCUT2D eigenvalue weighted by Crippen LogP contribution is 2.46. The molecule has 4 nitrogen and oxygen atoms in total. The monoisotopic (exact) mass is 187 g/mol. The van der Waals surface area contributed by atoms with Crippen molar-refractivity contribution in [3.8, 4) is 0 Å². The van der Waals surface area contributed by atoms with Crippen molar-refractivity contribution in [2.24, 2.45) is 5.92 Å². The maximum atomic E-state index is 9.77. The highest BCUT2D eigenvalue weighted by atomic mass is 16.5. The summed E-state index contributed by atoms with van der Waals surface area (Å²) < 4.78 is 5.06. The van der Waals surface area contributed by atoms with E-state index in [1.807, 2.05) is 0 Å². The summed E-state index contributed by atoms with van der Waals surface area (Å²) in [5.74, 6) is 0.0428. The van der Waals surface area contributed by atoms with Gasteiger partial charge in [-0.1, -0.05) is 0 Å². The van der Waals surface area contributed by atoms with Crippen LogP contribution in [-0.2, 0) is 4.74 Å². The number of hydrogen-bond acceptors (Lipinski definition) is 4. The van der Waals surface area contributed by atoms with Gasteiger partial charge in [0.15, 0.2) is 0 Å². The summed E-state index contributed by atoms with van der Waals surface area (Å²) in [6.45, 7) is 1.02. The van der Waals surface area contributed by atoms with Gasteiger partial charge in [-0.15, -0.1) is 0 Å². The fourth-order valence-corrected chi connectivity index (χ4v) is 2.27. The first-order chi connectivity index (χ1) is 6.19. The van der Waals surface area contributed by atoms with Gasteiger partial charge in [-0.3, -0.25) is 0 Å². The van der Waals surface area contributed by atoms with E-state index in [0.717, 1.165) is 12.8 Å². The average Bonchev–Trinajstić information content (AvgIpc) is 2.88. The average molecular weight is 187 g/mol. The Labute approximate surface area is 77.9 Å². The van der Waals surface area contributed by atoms with Crippen LogP contribution < -0.4 is 5.32 Å². The van der Waals surface area contributed by atoms with Gasteiger partial charge in [-0.2, -0.15) is 0 Å². The summed E-state index contributed by atoms with van der Waals surface area (Å²) in [7, 11) is 1.63. The van der Waals surface area contributed by atoms with Gasteiger partial charge in [0, 0.05) is 25.1 Å². The summed E-state index contributed by atoms with van der Waals surface area (Å²) in [6.07, 6.45) is 0.894. The van der Waals surface area contributed by atoms with Crippen LogP contribution in [0, 0.1) is 5.92 Å². The lowest BCUT2D eigenvalue weighted by Crippen LogP contribution is -2.59. The van der Waals surface area contributed by atoms with Gasteiger partial charge in [-0.25, -0.2) is 0 Å². The molecule has 13 heavy (non-hydrogen) atoms. The third-order valence-electron chi connectivity index (χ3n) is 3.31. The van der Waals surface area contributed by atoms with Crippen molar-refractivity contribution in [2.45, 2.75) is 30.6 Å². The number of hydrogen-bond donors (Lipinski definition) is 3. The molecule has 2 fully saturated rings. The van der Waals surface area contributed by atoms with Gasteiger partial charge in [-0.05, 0) is 12.8 Å². The van der Waals surface area contributed by atoms with Crippen LogP contribution in [0.25, 0.3) is 0 Å². The molecule has 1 heterocycles. The predicted octanol–water partition coefficient (Wildman–Crippen LogP) is -0.893. The SMILES string of the molecule is COCC1C(O)C(O)CNC12CC2. The number of ether oxygens (including phenoxy) is 1. The molecule has 0 bridgehead atoms. The van der Waals surface area contributed by atoms with Crippen molar-refractivity contribution in [3.63, 3.8) is 0 Å². The molecule has 0 radical (unpaired) electrons. The number of aliphatic hydroxyl groups is 2. The summed E-state index contributed by atoms with van der Waals surface area (Å²) in [4.78, 5) is 0. The predicted molar refractivity (Wildman–Crippen MR) is 47.3 cm³/mol. The molecule has 0 aromatic carbocycles. The molecule has 2 rings (SSSR count). The van der Waals surface area contributed by atoms with E-state index < -0.39 is 12.2 Å². The molecule has 3 atom stereocenters. The van der Waals surface area contributed by atoms with Gasteiger partial charge in [0.2, 0.25) is 0 Å². The summed E-state index contributed by atoms with van der Waals surface area (Å²) in [6, 6.07) is 0. The van der Waals surface area contributed by atoms with E-state index >= 15 is 0 Å². The molecule has 1 spiro atoms. The van der Waals surface area contributed by atoms with Gasteiger partial charge in [0.05, 0.1) is 18.8 Å². The zero-order valence-electron chi connectivity index (χ0n) is 7.86. The minimum absolute atomic E-state index is 0.0428. The first-order valence-corrected chi connectivity index (χ1v) is 4.80. The van der Waals surface area contributed by atoms with Crippen LogP contribution in [0.5, 0.6) is 0 Å². The molecule has 0 amide bonds. The van der Waals surface area contributed by atoms with Gasteiger partial charge < -0.3 is 20.3 Å². The first kappa shape index (κ1) is 9.40. The number of β-amino-alcohol motifs (C(OH)–C–C–N with tert-alkyl or cyclic N) is 1. The molecule has 0 aromatic rings. The van der Waals surface area contributed by atoms with Gasteiger partial charge in [0.25, 0.3) is 0 Å². The maximum Gasteiger partial charge on any atom is 0.0927 e. The second-order valence-corrected chi connectivity index (χ2v) is 4.16. The smallest absolute Gasteiger partial charge is 0.0927 e. The molecule has 76 valence electrons. The van der Waals surface area contributed by atoms with Crippen LogP contribution in [0.4, 0.5) is 0 Å². The van der Waals surface area contributed by atoms with Crippen LogP contribution in [0.2, 0.25) is 0 Å². The zero-order chi connectivity index (χ0) is 9.47. The quantitative estimate of drug-likeness (QED) is 0.524. The molecular formula is C9H17NO3. The highest BCUT2D eigenvalue weighted by molar-refractivity contribution is 5.12. The lowest BCUT2D eigenvalue weighted by molar-refractivity contribution is -0.0775. The Morgan fingerprint density at radius 1 is 1.46 bits per heavy atom. The van der Waals surface area contributed by atoms with Crippen LogP contribution in [0.1, 0.15) is 12.8 Å². The Bertz CT molecular complexity index is 193. The van der Waals surface area contributed by atoms with E-state index in [4.69, 9.17) is 4.74 Å². The molecule has 3 N–H and O–H groups in total. The molecule has 1 saturated carbocycles. The van der Waals surface area contributed by atoms with Crippen molar-refractivity contribution in [3.05, 3.63) is 0 Å². The first-order valence-electron chi connectivity index (χ1n) is 4.80. The number of rotatable bonds is 2. The molecule has 1 aliphatic heterocycles. The van der Waals surface area contributed by atoms with E-state index in [0.29, 0.717) is 13.2 Å². The van der Waals surface area contributed by atoms with Crippen LogP contribution >= 0.6 is 0 Å². The fraction of sp³-hybridized carbons (Fsp3) is 1.00. The molecular weight excluding hydrogens is 170 g/mol. The van der Waals surface area contributed by atoms with E-state index in [2.05, 4.69) is 5.32 Å². The molecule has 3 unspecified atom stereocenters. The zero-order valence-corrected chi connectivity index (χ0v) is 7.86. The second-order valence-electron chi connectivity index (χ2n) is 4.16. The molecule has 2 aliphatic rings. The molecule has 0 aromatic heterocycles. The van der Waals surface area contributed by atoms with Gasteiger partial charge in [0.1, 0.15) is 0 Å². The summed E-state index contributed by atoms with van der Waals surface area (Å²) >= 11 is 0. The van der Waals surface area contributed by atoms with Crippen LogP contribution in [0.15, 0.2) is 0 Å². The summed E-state index contributed by atoms with van der Waals surface area (Å²) in [5, 5.41) is 22.5. The lowest BCUT2D eigenvalue weighted by Gasteiger charge is -2.39. The van der Waals surface area contributed by atoms with E-state index in [1.165, 1.54) is 0 Å². The summed E-state index contributed by atoms with van der Waals surface area (Å²) in [5.41, 5.74) is 0.0641. The van der Waals surface area contributed by atoms with Crippen LogP contribution in [-0.4, -0.2) is 48.2 Å². The van der Waals surface area contributed by atoms with Crippen molar-refractivity contribution in [2.75, 3.05) is 20.3 Å². The van der Waals surface area contributed by atoms with Crippen molar-refractivity contribution in [1.29, 1.82) is 0 Å².